The first-order chi connectivity index (χ1) is 7.78. The molecule has 2 atom stereocenters. The molecule has 1 aliphatic rings. The lowest BCUT2D eigenvalue weighted by molar-refractivity contribution is 0.0208. The lowest BCUT2D eigenvalue weighted by Gasteiger charge is -2.28. The van der Waals surface area contributed by atoms with E-state index in [4.69, 9.17) is 21.1 Å². The van der Waals surface area contributed by atoms with Gasteiger partial charge in [0.05, 0.1) is 12.3 Å². The molecule has 3 nitrogen and oxygen atoms in total. The Kier molecular flexibility index (Phi) is 4.02. The Bertz CT molecular complexity index is 328. The van der Waals surface area contributed by atoms with E-state index in [1.807, 2.05) is 6.07 Å². The predicted octanol–water partition coefficient (Wildman–Crippen LogP) is 3.07. The van der Waals surface area contributed by atoms with Crippen LogP contribution in [0.2, 0.25) is 5.15 Å². The van der Waals surface area contributed by atoms with Gasteiger partial charge in [0.2, 0.25) is 0 Å². The maximum atomic E-state index is 5.84. The lowest BCUT2D eigenvalue weighted by Crippen LogP contribution is -2.29. The zero-order valence-electron chi connectivity index (χ0n) is 9.36. The van der Waals surface area contributed by atoms with Crippen molar-refractivity contribution in [1.29, 1.82) is 0 Å². The fourth-order valence-corrected chi connectivity index (χ4v) is 2.16. The third kappa shape index (κ3) is 3.09. The maximum absolute atomic E-state index is 5.84. The smallest absolute Gasteiger partial charge is 0.138 e. The van der Waals surface area contributed by atoms with Crippen LogP contribution in [0.1, 0.15) is 25.7 Å². The third-order valence-electron chi connectivity index (χ3n) is 2.91. The summed E-state index contributed by atoms with van der Waals surface area (Å²) in [5.41, 5.74) is 0. The standard InChI is InChI=1S/C12H16ClNO2/c1-15-9-3-2-4-10(7-9)16-11-5-6-12(13)14-8-11/h5-6,8-10H,2-4,7H2,1H3. The summed E-state index contributed by atoms with van der Waals surface area (Å²) in [6, 6.07) is 3.60. The molecular formula is C12H16ClNO2. The Hall–Kier alpha value is -0.800. The van der Waals surface area contributed by atoms with E-state index in [1.54, 1.807) is 19.4 Å². The van der Waals surface area contributed by atoms with E-state index in [0.29, 0.717) is 11.3 Å². The van der Waals surface area contributed by atoms with Gasteiger partial charge in [0, 0.05) is 13.5 Å². The molecule has 0 radical (unpaired) electrons. The van der Waals surface area contributed by atoms with E-state index in [-0.39, 0.29) is 6.10 Å². The number of aromatic nitrogens is 1. The first-order valence-electron chi connectivity index (χ1n) is 5.59. The minimum atomic E-state index is 0.238. The highest BCUT2D eigenvalue weighted by atomic mass is 35.5. The number of methoxy groups -OCH3 is 1. The van der Waals surface area contributed by atoms with Gasteiger partial charge in [-0.25, -0.2) is 4.98 Å². The summed E-state index contributed by atoms with van der Waals surface area (Å²) in [5.74, 6) is 0.783. The van der Waals surface area contributed by atoms with Gasteiger partial charge in [0.15, 0.2) is 0 Å². The molecule has 0 aromatic carbocycles. The molecule has 0 bridgehead atoms. The van der Waals surface area contributed by atoms with E-state index >= 15 is 0 Å². The van der Waals surface area contributed by atoms with Crippen LogP contribution in [-0.4, -0.2) is 24.3 Å². The second-order valence-corrected chi connectivity index (χ2v) is 4.47. The Morgan fingerprint density at radius 2 is 2.12 bits per heavy atom. The quantitative estimate of drug-likeness (QED) is 0.763. The van der Waals surface area contributed by atoms with Gasteiger partial charge in [0.25, 0.3) is 0 Å². The molecular weight excluding hydrogens is 226 g/mol. The van der Waals surface area contributed by atoms with Crippen LogP contribution in [0.4, 0.5) is 0 Å². The highest BCUT2D eigenvalue weighted by Crippen LogP contribution is 2.25. The molecule has 16 heavy (non-hydrogen) atoms. The minimum Gasteiger partial charge on any atom is -0.489 e. The molecule has 0 amide bonds. The van der Waals surface area contributed by atoms with Gasteiger partial charge in [-0.3, -0.25) is 0 Å². The molecule has 1 aromatic rings. The van der Waals surface area contributed by atoms with Crippen LogP contribution in [-0.2, 0) is 4.74 Å². The Morgan fingerprint density at radius 3 is 2.81 bits per heavy atom. The van der Waals surface area contributed by atoms with Crippen LogP contribution in [0.15, 0.2) is 18.3 Å². The van der Waals surface area contributed by atoms with Crippen molar-refractivity contribution >= 4 is 11.6 Å². The average molecular weight is 242 g/mol. The molecule has 1 saturated carbocycles. The van der Waals surface area contributed by atoms with Gasteiger partial charge >= 0.3 is 0 Å². The maximum Gasteiger partial charge on any atom is 0.138 e. The van der Waals surface area contributed by atoms with Crippen molar-refractivity contribution < 1.29 is 9.47 Å². The van der Waals surface area contributed by atoms with Crippen LogP contribution in [0.3, 0.4) is 0 Å². The van der Waals surface area contributed by atoms with E-state index in [2.05, 4.69) is 4.98 Å². The largest absolute Gasteiger partial charge is 0.489 e. The third-order valence-corrected chi connectivity index (χ3v) is 3.14. The van der Waals surface area contributed by atoms with E-state index in [0.717, 1.165) is 31.4 Å². The van der Waals surface area contributed by atoms with Gasteiger partial charge < -0.3 is 9.47 Å². The van der Waals surface area contributed by atoms with Crippen LogP contribution in [0, 0.1) is 0 Å². The van der Waals surface area contributed by atoms with E-state index in [9.17, 15) is 0 Å². The molecule has 0 saturated heterocycles. The average Bonchev–Trinajstić information content (AvgIpc) is 2.32. The summed E-state index contributed by atoms with van der Waals surface area (Å²) >= 11 is 5.71. The molecule has 1 aromatic heterocycles. The molecule has 1 heterocycles. The first-order valence-corrected chi connectivity index (χ1v) is 5.96. The molecule has 88 valence electrons. The van der Waals surface area contributed by atoms with Crippen LogP contribution in [0.25, 0.3) is 0 Å². The molecule has 1 aliphatic carbocycles. The van der Waals surface area contributed by atoms with Gasteiger partial charge in [-0.15, -0.1) is 0 Å². The SMILES string of the molecule is COC1CCCC(Oc2ccc(Cl)nc2)C1. The Balaban J connectivity index is 1.91. The van der Waals surface area contributed by atoms with Crippen molar-refractivity contribution in [2.45, 2.75) is 37.9 Å². The minimum absolute atomic E-state index is 0.238. The predicted molar refractivity (Wildman–Crippen MR) is 62.9 cm³/mol. The monoisotopic (exact) mass is 241 g/mol. The van der Waals surface area contributed by atoms with E-state index < -0.39 is 0 Å². The van der Waals surface area contributed by atoms with Crippen molar-refractivity contribution in [1.82, 2.24) is 4.98 Å². The van der Waals surface area contributed by atoms with Gasteiger partial charge in [-0.2, -0.15) is 0 Å². The number of nitrogens with zero attached hydrogens (tertiary/aromatic N) is 1. The molecule has 1 fully saturated rings. The summed E-state index contributed by atoms with van der Waals surface area (Å²) in [4.78, 5) is 3.99. The highest BCUT2D eigenvalue weighted by molar-refractivity contribution is 6.29. The fraction of sp³-hybridized carbons (Fsp3) is 0.583. The second kappa shape index (κ2) is 5.51. The topological polar surface area (TPSA) is 31.4 Å². The second-order valence-electron chi connectivity index (χ2n) is 4.08. The summed E-state index contributed by atoms with van der Waals surface area (Å²) in [7, 11) is 1.76. The number of pyridine rings is 1. The van der Waals surface area contributed by atoms with Crippen LogP contribution in [0.5, 0.6) is 5.75 Å². The van der Waals surface area contributed by atoms with Crippen LogP contribution >= 0.6 is 11.6 Å². The first kappa shape index (κ1) is 11.7. The molecule has 0 aliphatic heterocycles. The molecule has 4 heteroatoms. The van der Waals surface area contributed by atoms with Gasteiger partial charge in [-0.05, 0) is 31.4 Å². The summed E-state index contributed by atoms with van der Waals surface area (Å²) in [6.07, 6.45) is 6.57. The van der Waals surface area contributed by atoms with Gasteiger partial charge in [-0.1, -0.05) is 11.6 Å². The zero-order chi connectivity index (χ0) is 11.4. The molecule has 2 rings (SSSR count). The number of hydrogen-bond acceptors (Lipinski definition) is 3. The number of hydrogen-bond donors (Lipinski definition) is 0. The normalized spacial score (nSPS) is 25.4. The van der Waals surface area contributed by atoms with Crippen molar-refractivity contribution in [2.24, 2.45) is 0 Å². The van der Waals surface area contributed by atoms with Crippen molar-refractivity contribution in [2.75, 3.05) is 7.11 Å². The summed E-state index contributed by atoms with van der Waals surface area (Å²) in [5, 5.41) is 0.491. The molecule has 0 N–H and O–H groups in total. The molecule has 2 unspecified atom stereocenters. The van der Waals surface area contributed by atoms with Gasteiger partial charge in [0.1, 0.15) is 17.0 Å². The van der Waals surface area contributed by atoms with Crippen molar-refractivity contribution in [3.8, 4) is 5.75 Å². The summed E-state index contributed by atoms with van der Waals surface area (Å²) < 4.78 is 11.2. The fourth-order valence-electron chi connectivity index (χ4n) is 2.05. The zero-order valence-corrected chi connectivity index (χ0v) is 10.1. The van der Waals surface area contributed by atoms with Crippen molar-refractivity contribution in [3.63, 3.8) is 0 Å². The van der Waals surface area contributed by atoms with Crippen LogP contribution < -0.4 is 4.74 Å². The lowest BCUT2D eigenvalue weighted by atomic mass is 9.95. The number of halogens is 1. The Morgan fingerprint density at radius 1 is 1.31 bits per heavy atom. The number of rotatable bonds is 3. The summed E-state index contributed by atoms with van der Waals surface area (Å²) in [6.45, 7) is 0. The Labute approximate surface area is 101 Å². The highest BCUT2D eigenvalue weighted by Gasteiger charge is 2.22. The van der Waals surface area contributed by atoms with E-state index in [1.165, 1.54) is 0 Å². The van der Waals surface area contributed by atoms with Crippen molar-refractivity contribution in [3.05, 3.63) is 23.5 Å². The number of ether oxygens (including phenoxy) is 2. The molecule has 0 spiro atoms.